The molecule has 6 heteroatoms. The maximum absolute atomic E-state index is 12.7. The summed E-state index contributed by atoms with van der Waals surface area (Å²) in [6, 6.07) is 0. The predicted octanol–water partition coefficient (Wildman–Crippen LogP) is 15.9. The molecule has 0 spiro atoms. The Morgan fingerprint density at radius 2 is 0.589 bits per heavy atom. The van der Waals surface area contributed by atoms with E-state index in [1.165, 1.54) is 173 Å². The molecule has 0 fully saturated rings. The van der Waals surface area contributed by atoms with Crippen LogP contribution in [0.5, 0.6) is 0 Å². The molecular weight excluding hydrogens is 697 g/mol. The van der Waals surface area contributed by atoms with Crippen LogP contribution in [0, 0.1) is 5.92 Å². The third kappa shape index (κ3) is 43.5. The summed E-state index contributed by atoms with van der Waals surface area (Å²) < 4.78 is 16.8. The molecular formula is C50H96O6. The van der Waals surface area contributed by atoms with Gasteiger partial charge in [-0.2, -0.15) is 0 Å². The molecule has 0 heterocycles. The first-order chi connectivity index (χ1) is 27.4. The maximum atomic E-state index is 12.7. The van der Waals surface area contributed by atoms with E-state index in [1.54, 1.807) is 0 Å². The summed E-state index contributed by atoms with van der Waals surface area (Å²) in [4.78, 5) is 37.8. The van der Waals surface area contributed by atoms with Gasteiger partial charge >= 0.3 is 17.9 Å². The van der Waals surface area contributed by atoms with Gasteiger partial charge in [-0.3, -0.25) is 14.4 Å². The highest BCUT2D eigenvalue weighted by molar-refractivity contribution is 5.71. The molecule has 0 saturated carbocycles. The second-order valence-electron chi connectivity index (χ2n) is 17.6. The number of carbonyl (C=O) groups is 3. The molecule has 0 unspecified atom stereocenters. The average Bonchev–Trinajstić information content (AvgIpc) is 3.18. The molecule has 0 N–H and O–H groups in total. The maximum Gasteiger partial charge on any atom is 0.306 e. The van der Waals surface area contributed by atoms with Crippen molar-refractivity contribution in [1.29, 1.82) is 0 Å². The molecule has 0 aliphatic carbocycles. The molecule has 0 amide bonds. The van der Waals surface area contributed by atoms with Crippen molar-refractivity contribution in [3.8, 4) is 0 Å². The molecule has 56 heavy (non-hydrogen) atoms. The SMILES string of the molecule is CCCCCCCCCCCCCCCCCCC(=O)OC[C@H](COC(=O)CCCCCCCCCCC(C)C)OC(=O)CCCCCCCCCCCCC. The number of carbonyl (C=O) groups excluding carboxylic acids is 3. The molecule has 1 atom stereocenters. The Hall–Kier alpha value is -1.59. The van der Waals surface area contributed by atoms with Gasteiger partial charge in [-0.05, 0) is 25.2 Å². The van der Waals surface area contributed by atoms with E-state index in [-0.39, 0.29) is 31.1 Å². The molecule has 6 nitrogen and oxygen atoms in total. The van der Waals surface area contributed by atoms with E-state index in [0.29, 0.717) is 19.3 Å². The number of unbranched alkanes of at least 4 members (excludes halogenated alkanes) is 32. The lowest BCUT2D eigenvalue weighted by Crippen LogP contribution is -2.30. The zero-order valence-electron chi connectivity index (χ0n) is 38.1. The van der Waals surface area contributed by atoms with Gasteiger partial charge in [-0.1, -0.05) is 240 Å². The molecule has 0 radical (unpaired) electrons. The summed E-state index contributed by atoms with van der Waals surface area (Å²) in [6.07, 6.45) is 45.2. The summed E-state index contributed by atoms with van der Waals surface area (Å²) in [5.74, 6) is -0.0533. The number of hydrogen-bond acceptors (Lipinski definition) is 6. The van der Waals surface area contributed by atoms with Crippen molar-refractivity contribution in [2.45, 2.75) is 284 Å². The van der Waals surface area contributed by atoms with Gasteiger partial charge in [0.25, 0.3) is 0 Å². The van der Waals surface area contributed by atoms with Crippen molar-refractivity contribution < 1.29 is 28.6 Å². The van der Waals surface area contributed by atoms with E-state index in [4.69, 9.17) is 14.2 Å². The zero-order chi connectivity index (χ0) is 41.0. The molecule has 0 rings (SSSR count). The van der Waals surface area contributed by atoms with Crippen molar-refractivity contribution >= 4 is 17.9 Å². The smallest absolute Gasteiger partial charge is 0.306 e. The first kappa shape index (κ1) is 54.4. The Morgan fingerprint density at radius 1 is 0.339 bits per heavy atom. The largest absolute Gasteiger partial charge is 0.462 e. The van der Waals surface area contributed by atoms with E-state index in [0.717, 1.165) is 63.7 Å². The zero-order valence-corrected chi connectivity index (χ0v) is 38.1. The van der Waals surface area contributed by atoms with Crippen molar-refractivity contribution in [2.75, 3.05) is 13.2 Å². The first-order valence-corrected chi connectivity index (χ1v) is 24.9. The lowest BCUT2D eigenvalue weighted by atomic mass is 10.0. The van der Waals surface area contributed by atoms with Crippen molar-refractivity contribution in [3.05, 3.63) is 0 Å². The van der Waals surface area contributed by atoms with Crippen LogP contribution in [0.1, 0.15) is 278 Å². The highest BCUT2D eigenvalue weighted by atomic mass is 16.6. The summed E-state index contributed by atoms with van der Waals surface area (Å²) in [5.41, 5.74) is 0. The van der Waals surface area contributed by atoms with Crippen LogP contribution >= 0.6 is 0 Å². The third-order valence-electron chi connectivity index (χ3n) is 11.3. The number of ether oxygens (including phenoxy) is 3. The molecule has 0 aromatic heterocycles. The van der Waals surface area contributed by atoms with Crippen LogP contribution in [0.3, 0.4) is 0 Å². The second-order valence-corrected chi connectivity index (χ2v) is 17.6. The topological polar surface area (TPSA) is 78.9 Å². The summed E-state index contributed by atoms with van der Waals surface area (Å²) in [6.45, 7) is 8.98. The molecule has 0 bridgehead atoms. The van der Waals surface area contributed by atoms with Crippen molar-refractivity contribution in [1.82, 2.24) is 0 Å². The van der Waals surface area contributed by atoms with Crippen molar-refractivity contribution in [3.63, 3.8) is 0 Å². The number of rotatable bonds is 45. The minimum absolute atomic E-state index is 0.0634. The fraction of sp³-hybridized carbons (Fsp3) is 0.940. The van der Waals surface area contributed by atoms with Crippen LogP contribution in [0.2, 0.25) is 0 Å². The van der Waals surface area contributed by atoms with E-state index >= 15 is 0 Å². The minimum Gasteiger partial charge on any atom is -0.462 e. The van der Waals surface area contributed by atoms with E-state index in [2.05, 4.69) is 27.7 Å². The first-order valence-electron chi connectivity index (χ1n) is 24.9. The highest BCUT2D eigenvalue weighted by Gasteiger charge is 2.19. The monoisotopic (exact) mass is 793 g/mol. The normalized spacial score (nSPS) is 11.9. The fourth-order valence-electron chi connectivity index (χ4n) is 7.51. The predicted molar refractivity (Wildman–Crippen MR) is 238 cm³/mol. The Labute approximate surface area is 348 Å². The van der Waals surface area contributed by atoms with Crippen LogP contribution in [-0.4, -0.2) is 37.2 Å². The van der Waals surface area contributed by atoms with Gasteiger partial charge in [0.05, 0.1) is 0 Å². The third-order valence-corrected chi connectivity index (χ3v) is 11.3. The molecule has 0 saturated heterocycles. The Morgan fingerprint density at radius 3 is 0.875 bits per heavy atom. The summed E-state index contributed by atoms with van der Waals surface area (Å²) in [7, 11) is 0. The van der Waals surface area contributed by atoms with Gasteiger partial charge in [0.2, 0.25) is 0 Å². The van der Waals surface area contributed by atoms with Crippen LogP contribution in [0.4, 0.5) is 0 Å². The van der Waals surface area contributed by atoms with Gasteiger partial charge in [-0.25, -0.2) is 0 Å². The fourth-order valence-corrected chi connectivity index (χ4v) is 7.51. The van der Waals surface area contributed by atoms with Gasteiger partial charge in [0.1, 0.15) is 13.2 Å². The molecule has 0 aromatic carbocycles. The van der Waals surface area contributed by atoms with Crippen molar-refractivity contribution in [2.24, 2.45) is 5.92 Å². The van der Waals surface area contributed by atoms with Crippen LogP contribution in [0.25, 0.3) is 0 Å². The van der Waals surface area contributed by atoms with Crippen LogP contribution in [0.15, 0.2) is 0 Å². The van der Waals surface area contributed by atoms with Crippen LogP contribution < -0.4 is 0 Å². The van der Waals surface area contributed by atoms with E-state index in [1.807, 2.05) is 0 Å². The van der Waals surface area contributed by atoms with Gasteiger partial charge in [-0.15, -0.1) is 0 Å². The molecule has 0 aliphatic rings. The lowest BCUT2D eigenvalue weighted by Gasteiger charge is -2.18. The number of hydrogen-bond donors (Lipinski definition) is 0. The second kappa shape index (κ2) is 44.5. The van der Waals surface area contributed by atoms with E-state index < -0.39 is 6.10 Å². The Kier molecular flexibility index (Phi) is 43.2. The highest BCUT2D eigenvalue weighted by Crippen LogP contribution is 2.17. The van der Waals surface area contributed by atoms with Gasteiger partial charge in [0, 0.05) is 19.3 Å². The average molecular weight is 793 g/mol. The summed E-state index contributed by atoms with van der Waals surface area (Å²) in [5, 5.41) is 0. The standard InChI is InChI=1S/C50H96O6/c1-5-7-9-11-13-15-17-18-19-20-21-23-24-29-33-37-41-48(51)54-44-47(56-50(53)43-39-35-31-25-22-16-14-12-10-8-6-2)45-55-49(52)42-38-34-30-27-26-28-32-36-40-46(3)4/h46-47H,5-45H2,1-4H3/t47-/m1/s1. The van der Waals surface area contributed by atoms with Gasteiger partial charge < -0.3 is 14.2 Å². The quantitative estimate of drug-likeness (QED) is 0.0347. The van der Waals surface area contributed by atoms with E-state index in [9.17, 15) is 14.4 Å². The Balaban J connectivity index is 4.28. The number of esters is 3. The van der Waals surface area contributed by atoms with Gasteiger partial charge in [0.15, 0.2) is 6.10 Å². The molecule has 0 aromatic rings. The lowest BCUT2D eigenvalue weighted by molar-refractivity contribution is -0.167. The Bertz CT molecular complexity index is 841. The molecule has 332 valence electrons. The van der Waals surface area contributed by atoms with Crippen LogP contribution in [-0.2, 0) is 28.6 Å². The molecule has 0 aliphatic heterocycles. The minimum atomic E-state index is -0.760. The summed E-state index contributed by atoms with van der Waals surface area (Å²) >= 11 is 0.